The Hall–Kier alpha value is -3.09. The quantitative estimate of drug-likeness (QED) is 0.690. The van der Waals surface area contributed by atoms with E-state index in [1.54, 1.807) is 12.1 Å². The fourth-order valence-electron chi connectivity index (χ4n) is 3.08. The van der Waals surface area contributed by atoms with Crippen LogP contribution in [-0.2, 0) is 26.7 Å². The lowest BCUT2D eigenvalue weighted by molar-refractivity contribution is 0.0706. The van der Waals surface area contributed by atoms with E-state index in [0.717, 1.165) is 11.3 Å². The van der Waals surface area contributed by atoms with E-state index in [-0.39, 0.29) is 18.3 Å². The first kappa shape index (κ1) is 19.7. The zero-order valence-electron chi connectivity index (χ0n) is 16.4. The zero-order chi connectivity index (χ0) is 20.1. The van der Waals surface area contributed by atoms with Crippen LogP contribution in [0.25, 0.3) is 0 Å². The van der Waals surface area contributed by atoms with Crippen LogP contribution in [0.3, 0.4) is 0 Å². The largest absolute Gasteiger partial charge is 0.472 e. The van der Waals surface area contributed by atoms with Crippen LogP contribution in [0.1, 0.15) is 35.5 Å². The molecule has 0 radical (unpaired) electrons. The van der Waals surface area contributed by atoms with Gasteiger partial charge in [0, 0.05) is 32.1 Å². The Balaban J connectivity index is 0.00000109. The molecule has 0 aliphatic carbocycles. The van der Waals surface area contributed by atoms with Crippen LogP contribution >= 0.6 is 0 Å². The summed E-state index contributed by atoms with van der Waals surface area (Å²) in [6.45, 7) is 5.97. The van der Waals surface area contributed by atoms with Crippen LogP contribution < -0.4 is 4.74 Å². The van der Waals surface area contributed by atoms with Gasteiger partial charge in [-0.1, -0.05) is 26.0 Å². The summed E-state index contributed by atoms with van der Waals surface area (Å²) in [4.78, 5) is 14.4. The van der Waals surface area contributed by atoms with Crippen LogP contribution in [0.15, 0.2) is 48.8 Å². The maximum absolute atomic E-state index is 13.2. The average Bonchev–Trinajstić information content (AvgIpc) is 3.32. The van der Waals surface area contributed by atoms with Crippen molar-refractivity contribution in [1.82, 2.24) is 19.2 Å². The average molecular weight is 384 g/mol. The molecule has 0 unspecified atom stereocenters. The van der Waals surface area contributed by atoms with Gasteiger partial charge in [-0.15, -0.1) is 5.10 Å². The van der Waals surface area contributed by atoms with Crippen molar-refractivity contribution in [3.8, 4) is 5.88 Å². The Bertz CT molecular complexity index is 948. The number of fused-ring (bicyclic) bond motifs is 1. The van der Waals surface area contributed by atoms with E-state index in [1.165, 1.54) is 12.1 Å². The summed E-state index contributed by atoms with van der Waals surface area (Å²) in [6.07, 6.45) is 3.68. The van der Waals surface area contributed by atoms with E-state index in [2.05, 4.69) is 5.10 Å². The van der Waals surface area contributed by atoms with Crippen molar-refractivity contribution >= 4 is 5.91 Å². The monoisotopic (exact) mass is 384 g/mol. The van der Waals surface area contributed by atoms with Crippen LogP contribution in [0.2, 0.25) is 0 Å². The van der Waals surface area contributed by atoms with Crippen molar-refractivity contribution in [1.29, 1.82) is 0 Å². The predicted octanol–water partition coefficient (Wildman–Crippen LogP) is 3.62. The predicted molar refractivity (Wildman–Crippen MR) is 104 cm³/mol. The fourth-order valence-corrected chi connectivity index (χ4v) is 3.08. The topological polar surface area (TPSA) is 52.3 Å². The highest BCUT2D eigenvalue weighted by molar-refractivity contribution is 5.94. The number of amides is 1. The van der Waals surface area contributed by atoms with Crippen molar-refractivity contribution in [2.45, 2.75) is 33.5 Å². The highest BCUT2D eigenvalue weighted by atomic mass is 19.1. The third-order valence-electron chi connectivity index (χ3n) is 4.42. The van der Waals surface area contributed by atoms with Crippen molar-refractivity contribution in [2.24, 2.45) is 7.05 Å². The lowest BCUT2D eigenvalue weighted by atomic mass is 10.2. The molecular formula is C21H25FN4O2. The molecule has 7 heteroatoms. The summed E-state index contributed by atoms with van der Waals surface area (Å²) in [7, 11) is 1.89. The minimum absolute atomic E-state index is 0.0141. The third kappa shape index (κ3) is 4.42. The molecular weight excluding hydrogens is 359 g/mol. The van der Waals surface area contributed by atoms with E-state index in [0.29, 0.717) is 31.1 Å². The second-order valence-corrected chi connectivity index (χ2v) is 6.41. The van der Waals surface area contributed by atoms with Crippen molar-refractivity contribution in [3.63, 3.8) is 0 Å². The molecule has 0 bridgehead atoms. The first-order chi connectivity index (χ1) is 13.6. The Labute approximate surface area is 164 Å². The molecule has 1 aliphatic rings. The Morgan fingerprint density at radius 1 is 1.21 bits per heavy atom. The number of aryl methyl sites for hydroxylation is 1. The van der Waals surface area contributed by atoms with E-state index < -0.39 is 0 Å². The number of ether oxygens (including phenoxy) is 1. The summed E-state index contributed by atoms with van der Waals surface area (Å²) in [6, 6.07) is 9.96. The summed E-state index contributed by atoms with van der Waals surface area (Å²) < 4.78 is 22.6. The summed E-state index contributed by atoms with van der Waals surface area (Å²) in [5.74, 6) is 0.212. The number of carbonyl (C=O) groups excluding carboxylic acids is 1. The molecule has 0 saturated carbocycles. The normalized spacial score (nSPS) is 12.8. The Morgan fingerprint density at radius 3 is 2.75 bits per heavy atom. The van der Waals surface area contributed by atoms with E-state index in [1.807, 2.05) is 59.6 Å². The number of hydrogen-bond acceptors (Lipinski definition) is 3. The number of halogens is 1. The molecule has 4 rings (SSSR count). The number of aromatic nitrogens is 3. The van der Waals surface area contributed by atoms with Crippen molar-refractivity contribution < 1.29 is 13.9 Å². The first-order valence-corrected chi connectivity index (χ1v) is 9.44. The van der Waals surface area contributed by atoms with Gasteiger partial charge in [-0.3, -0.25) is 9.48 Å². The number of hydrogen-bond donors (Lipinski definition) is 0. The molecule has 1 aromatic carbocycles. The molecule has 2 aromatic heterocycles. The molecule has 3 aromatic rings. The maximum Gasteiger partial charge on any atom is 0.255 e. The number of rotatable bonds is 4. The van der Waals surface area contributed by atoms with Gasteiger partial charge in [0.25, 0.3) is 5.91 Å². The standard InChI is InChI=1S/C19H19FN4O2.C2H6/c1-22-6-5-15(11-22)19(25)23-7-8-24-17(12-23)10-18(21-24)26-13-14-3-2-4-16(20)9-14;1-2/h2-6,9-11H,7-8,12-13H2,1H3;1-2H3. The van der Waals surface area contributed by atoms with Crippen LogP contribution in [-0.4, -0.2) is 31.7 Å². The van der Waals surface area contributed by atoms with E-state index >= 15 is 0 Å². The second-order valence-electron chi connectivity index (χ2n) is 6.41. The SMILES string of the molecule is CC.Cn1ccc(C(=O)N2CCn3nc(OCc4cccc(F)c4)cc3C2)c1. The highest BCUT2D eigenvalue weighted by Gasteiger charge is 2.24. The molecule has 6 nitrogen and oxygen atoms in total. The molecule has 3 heterocycles. The maximum atomic E-state index is 13.2. The molecule has 0 N–H and O–H groups in total. The second kappa shape index (κ2) is 8.73. The summed E-state index contributed by atoms with van der Waals surface area (Å²) in [5.41, 5.74) is 2.36. The Kier molecular flexibility index (Phi) is 6.13. The molecule has 0 saturated heterocycles. The molecule has 0 fully saturated rings. The van der Waals surface area contributed by atoms with Gasteiger partial charge in [0.15, 0.2) is 0 Å². The zero-order valence-corrected chi connectivity index (χ0v) is 16.4. The fraction of sp³-hybridized carbons (Fsp3) is 0.333. The highest BCUT2D eigenvalue weighted by Crippen LogP contribution is 2.20. The van der Waals surface area contributed by atoms with Crippen LogP contribution in [0, 0.1) is 5.82 Å². The van der Waals surface area contributed by atoms with Gasteiger partial charge in [-0.05, 0) is 23.8 Å². The molecule has 0 atom stereocenters. The summed E-state index contributed by atoms with van der Waals surface area (Å²) >= 11 is 0. The molecule has 148 valence electrons. The lowest BCUT2D eigenvalue weighted by Crippen LogP contribution is -2.38. The number of benzene rings is 1. The molecule has 1 amide bonds. The minimum atomic E-state index is -0.287. The minimum Gasteiger partial charge on any atom is -0.472 e. The van der Waals surface area contributed by atoms with Gasteiger partial charge in [0.05, 0.1) is 24.3 Å². The van der Waals surface area contributed by atoms with Crippen molar-refractivity contribution in [2.75, 3.05) is 6.54 Å². The summed E-state index contributed by atoms with van der Waals surface area (Å²) in [5, 5.41) is 4.42. The smallest absolute Gasteiger partial charge is 0.255 e. The molecule has 1 aliphatic heterocycles. The lowest BCUT2D eigenvalue weighted by Gasteiger charge is -2.27. The Morgan fingerprint density at radius 2 is 2.04 bits per heavy atom. The van der Waals surface area contributed by atoms with Crippen LogP contribution in [0.4, 0.5) is 4.39 Å². The van der Waals surface area contributed by atoms with Gasteiger partial charge in [-0.25, -0.2) is 4.39 Å². The van der Waals surface area contributed by atoms with Gasteiger partial charge < -0.3 is 14.2 Å². The first-order valence-electron chi connectivity index (χ1n) is 9.44. The third-order valence-corrected chi connectivity index (χ3v) is 4.42. The number of nitrogens with zero attached hydrogens (tertiary/aromatic N) is 4. The van der Waals surface area contributed by atoms with Gasteiger partial charge in [0.1, 0.15) is 12.4 Å². The van der Waals surface area contributed by atoms with Gasteiger partial charge in [0.2, 0.25) is 5.88 Å². The van der Waals surface area contributed by atoms with E-state index in [9.17, 15) is 9.18 Å². The van der Waals surface area contributed by atoms with Crippen LogP contribution in [0.5, 0.6) is 5.88 Å². The van der Waals surface area contributed by atoms with Crippen molar-refractivity contribution in [3.05, 3.63) is 71.4 Å². The van der Waals surface area contributed by atoms with E-state index in [4.69, 9.17) is 4.74 Å². The molecule has 28 heavy (non-hydrogen) atoms. The molecule has 0 spiro atoms. The van der Waals surface area contributed by atoms with Gasteiger partial charge in [-0.2, -0.15) is 0 Å². The van der Waals surface area contributed by atoms with Gasteiger partial charge >= 0.3 is 0 Å². The number of carbonyl (C=O) groups is 1.